The van der Waals surface area contributed by atoms with E-state index in [2.05, 4.69) is 5.32 Å². The molecular weight excluding hydrogens is 415 g/mol. The lowest BCUT2D eigenvalue weighted by Gasteiger charge is -2.22. The van der Waals surface area contributed by atoms with Gasteiger partial charge in [-0.05, 0) is 73.9 Å². The number of sulfonamides is 1. The highest BCUT2D eigenvalue weighted by molar-refractivity contribution is 7.89. The Kier molecular flexibility index (Phi) is 6.87. The first-order valence-corrected chi connectivity index (χ1v) is 11.3. The number of hydrogen-bond donors (Lipinski definition) is 1. The highest BCUT2D eigenvalue weighted by Crippen LogP contribution is 2.20. The van der Waals surface area contributed by atoms with Crippen LogP contribution in [0.4, 0.5) is 10.1 Å². The maximum atomic E-state index is 13.3. The monoisotopic (exact) mass is 440 g/mol. The summed E-state index contributed by atoms with van der Waals surface area (Å²) in [6.45, 7) is 5.28. The fraction of sp³-hybridized carbons (Fsp3) is 0.208. The average Bonchev–Trinajstić information content (AvgIpc) is 2.68. The van der Waals surface area contributed by atoms with Crippen molar-refractivity contribution in [3.05, 3.63) is 94.8 Å². The smallest absolute Gasteiger partial charge is 0.243 e. The number of aryl methyl sites for hydroxylation is 3. The summed E-state index contributed by atoms with van der Waals surface area (Å²) in [5.74, 6) is -0.868. The van der Waals surface area contributed by atoms with Crippen LogP contribution in [-0.2, 0) is 21.4 Å². The lowest BCUT2D eigenvalue weighted by atomic mass is 10.1. The Labute approximate surface area is 182 Å². The Bertz CT molecular complexity index is 1150. The molecule has 0 unspecified atom stereocenters. The largest absolute Gasteiger partial charge is 0.325 e. The number of carbonyl (C=O) groups is 1. The molecule has 1 amide bonds. The van der Waals surface area contributed by atoms with Crippen molar-refractivity contribution in [2.45, 2.75) is 32.2 Å². The standard InChI is InChI=1S/C24H25FN2O3S/c1-17-4-10-23(11-5-17)31(29,30)27(15-20-6-8-21(25)9-7-20)16-24(28)26-22-13-18(2)12-19(3)14-22/h4-14H,15-16H2,1-3H3,(H,26,28). The molecule has 3 aromatic carbocycles. The molecule has 3 rings (SSSR count). The van der Waals surface area contributed by atoms with Crippen LogP contribution < -0.4 is 5.32 Å². The maximum absolute atomic E-state index is 13.3. The van der Waals surface area contributed by atoms with E-state index >= 15 is 0 Å². The molecule has 0 saturated heterocycles. The van der Waals surface area contributed by atoms with E-state index in [1.165, 1.54) is 36.4 Å². The number of nitrogens with one attached hydrogen (secondary N) is 1. The van der Waals surface area contributed by atoms with Crippen LogP contribution in [0, 0.1) is 26.6 Å². The fourth-order valence-corrected chi connectivity index (χ4v) is 4.67. The minimum Gasteiger partial charge on any atom is -0.325 e. The molecule has 31 heavy (non-hydrogen) atoms. The van der Waals surface area contributed by atoms with E-state index in [1.807, 2.05) is 39.0 Å². The molecular formula is C24H25FN2O3S. The van der Waals surface area contributed by atoms with Crippen LogP contribution in [0.1, 0.15) is 22.3 Å². The topological polar surface area (TPSA) is 66.5 Å². The summed E-state index contributed by atoms with van der Waals surface area (Å²) in [7, 11) is -3.95. The predicted octanol–water partition coefficient (Wildman–Crippen LogP) is 4.58. The van der Waals surface area contributed by atoms with Crippen LogP contribution in [0.3, 0.4) is 0 Å². The Hall–Kier alpha value is -3.03. The molecule has 0 heterocycles. The van der Waals surface area contributed by atoms with Gasteiger partial charge in [-0.3, -0.25) is 4.79 Å². The van der Waals surface area contributed by atoms with E-state index < -0.39 is 21.7 Å². The van der Waals surface area contributed by atoms with Crippen molar-refractivity contribution in [2.75, 3.05) is 11.9 Å². The van der Waals surface area contributed by atoms with E-state index in [4.69, 9.17) is 0 Å². The van der Waals surface area contributed by atoms with Gasteiger partial charge in [0, 0.05) is 12.2 Å². The van der Waals surface area contributed by atoms with E-state index in [0.29, 0.717) is 11.3 Å². The van der Waals surface area contributed by atoms with Crippen molar-refractivity contribution in [3.8, 4) is 0 Å². The minimum absolute atomic E-state index is 0.0588. The molecule has 0 saturated carbocycles. The fourth-order valence-electron chi connectivity index (χ4n) is 3.29. The molecule has 0 aliphatic rings. The first-order valence-electron chi connectivity index (χ1n) is 9.83. The average molecular weight is 441 g/mol. The van der Waals surface area contributed by atoms with E-state index in [1.54, 1.807) is 12.1 Å². The normalized spacial score (nSPS) is 11.5. The van der Waals surface area contributed by atoms with Gasteiger partial charge in [0.25, 0.3) is 0 Å². The first-order chi connectivity index (χ1) is 14.6. The molecule has 1 N–H and O–H groups in total. The van der Waals surface area contributed by atoms with E-state index in [-0.39, 0.29) is 18.0 Å². The Morgan fingerprint density at radius 3 is 2.03 bits per heavy atom. The molecule has 5 nitrogen and oxygen atoms in total. The zero-order chi connectivity index (χ0) is 22.6. The van der Waals surface area contributed by atoms with Crippen molar-refractivity contribution in [3.63, 3.8) is 0 Å². The van der Waals surface area contributed by atoms with Crippen LogP contribution >= 0.6 is 0 Å². The summed E-state index contributed by atoms with van der Waals surface area (Å²) in [6, 6.07) is 17.6. The quantitative estimate of drug-likeness (QED) is 0.585. The van der Waals surface area contributed by atoms with Crippen molar-refractivity contribution in [1.29, 1.82) is 0 Å². The summed E-state index contributed by atoms with van der Waals surface area (Å²) in [5, 5.41) is 2.78. The zero-order valence-corrected chi connectivity index (χ0v) is 18.5. The number of rotatable bonds is 7. The van der Waals surface area contributed by atoms with Crippen LogP contribution in [0.5, 0.6) is 0 Å². The van der Waals surface area contributed by atoms with Gasteiger partial charge in [-0.1, -0.05) is 35.9 Å². The number of benzene rings is 3. The van der Waals surface area contributed by atoms with Crippen molar-refractivity contribution in [1.82, 2.24) is 4.31 Å². The molecule has 0 radical (unpaired) electrons. The second kappa shape index (κ2) is 9.41. The number of amides is 1. The van der Waals surface area contributed by atoms with Crippen LogP contribution in [-0.4, -0.2) is 25.2 Å². The van der Waals surface area contributed by atoms with Gasteiger partial charge in [0.1, 0.15) is 5.82 Å². The van der Waals surface area contributed by atoms with E-state index in [0.717, 1.165) is 21.0 Å². The summed E-state index contributed by atoms with van der Waals surface area (Å²) in [5.41, 5.74) is 4.10. The molecule has 0 aromatic heterocycles. The molecule has 3 aromatic rings. The number of carbonyl (C=O) groups excluding carboxylic acids is 1. The molecule has 0 bridgehead atoms. The minimum atomic E-state index is -3.95. The number of nitrogens with zero attached hydrogens (tertiary/aromatic N) is 1. The van der Waals surface area contributed by atoms with Gasteiger partial charge in [-0.15, -0.1) is 0 Å². The summed E-state index contributed by atoms with van der Waals surface area (Å²) < 4.78 is 40.9. The third-order valence-corrected chi connectivity index (χ3v) is 6.56. The van der Waals surface area contributed by atoms with Crippen LogP contribution in [0.2, 0.25) is 0 Å². The molecule has 7 heteroatoms. The predicted molar refractivity (Wildman–Crippen MR) is 120 cm³/mol. The first kappa shape index (κ1) is 22.7. The van der Waals surface area contributed by atoms with Gasteiger partial charge in [-0.25, -0.2) is 12.8 Å². The van der Waals surface area contributed by atoms with Crippen molar-refractivity contribution < 1.29 is 17.6 Å². The third kappa shape index (κ3) is 5.99. The van der Waals surface area contributed by atoms with Gasteiger partial charge in [0.15, 0.2) is 0 Å². The van der Waals surface area contributed by atoms with Gasteiger partial charge < -0.3 is 5.32 Å². The number of halogens is 1. The van der Waals surface area contributed by atoms with Gasteiger partial charge in [-0.2, -0.15) is 4.31 Å². The van der Waals surface area contributed by atoms with Gasteiger partial charge in [0.05, 0.1) is 11.4 Å². The Balaban J connectivity index is 1.88. The summed E-state index contributed by atoms with van der Waals surface area (Å²) in [4.78, 5) is 12.8. The van der Waals surface area contributed by atoms with Crippen LogP contribution in [0.15, 0.2) is 71.6 Å². The molecule has 0 aliphatic carbocycles. The second-order valence-corrected chi connectivity index (χ2v) is 9.58. The Morgan fingerprint density at radius 1 is 0.871 bits per heavy atom. The van der Waals surface area contributed by atoms with Crippen molar-refractivity contribution in [2.24, 2.45) is 0 Å². The molecule has 0 spiro atoms. The highest BCUT2D eigenvalue weighted by Gasteiger charge is 2.27. The second-order valence-electron chi connectivity index (χ2n) is 7.64. The van der Waals surface area contributed by atoms with Crippen LogP contribution in [0.25, 0.3) is 0 Å². The number of anilines is 1. The molecule has 0 aliphatic heterocycles. The molecule has 0 atom stereocenters. The number of hydrogen-bond acceptors (Lipinski definition) is 3. The SMILES string of the molecule is Cc1ccc(S(=O)(=O)N(CC(=O)Nc2cc(C)cc(C)c2)Cc2ccc(F)cc2)cc1. The Morgan fingerprint density at radius 2 is 1.45 bits per heavy atom. The van der Waals surface area contributed by atoms with E-state index in [9.17, 15) is 17.6 Å². The summed E-state index contributed by atoms with van der Waals surface area (Å²) in [6.07, 6.45) is 0. The van der Waals surface area contributed by atoms with Crippen molar-refractivity contribution >= 4 is 21.6 Å². The lowest BCUT2D eigenvalue weighted by molar-refractivity contribution is -0.116. The molecule has 162 valence electrons. The lowest BCUT2D eigenvalue weighted by Crippen LogP contribution is -2.37. The zero-order valence-electron chi connectivity index (χ0n) is 17.7. The third-order valence-electron chi connectivity index (χ3n) is 4.76. The van der Waals surface area contributed by atoms with Gasteiger partial charge >= 0.3 is 0 Å². The highest BCUT2D eigenvalue weighted by atomic mass is 32.2. The maximum Gasteiger partial charge on any atom is 0.243 e. The van der Waals surface area contributed by atoms with Gasteiger partial charge in [0.2, 0.25) is 15.9 Å². The summed E-state index contributed by atoms with van der Waals surface area (Å²) >= 11 is 0. The molecule has 0 fully saturated rings.